The smallest absolute Gasteiger partial charge is 0.256 e. The van der Waals surface area contributed by atoms with Crippen LogP contribution in [0.4, 0.5) is 11.4 Å². The average Bonchev–Trinajstić information content (AvgIpc) is 3.63. The summed E-state index contributed by atoms with van der Waals surface area (Å²) in [6, 6.07) is 12.3. The maximum Gasteiger partial charge on any atom is 0.256 e. The summed E-state index contributed by atoms with van der Waals surface area (Å²) < 4.78 is 0. The second-order valence-electron chi connectivity index (χ2n) is 9.99. The van der Waals surface area contributed by atoms with Crippen molar-refractivity contribution in [3.8, 4) is 0 Å². The molecule has 7 nitrogen and oxygen atoms in total. The van der Waals surface area contributed by atoms with Crippen molar-refractivity contribution in [2.45, 2.75) is 38.5 Å². The molecule has 36 heavy (non-hydrogen) atoms. The first-order valence-electron chi connectivity index (χ1n) is 13.0. The van der Waals surface area contributed by atoms with Crippen molar-refractivity contribution in [2.24, 2.45) is 5.92 Å². The van der Waals surface area contributed by atoms with Crippen molar-refractivity contribution in [3.05, 3.63) is 58.6 Å². The fourth-order valence-corrected chi connectivity index (χ4v) is 5.68. The third-order valence-corrected chi connectivity index (χ3v) is 7.87. The Hall–Kier alpha value is -3.06. The summed E-state index contributed by atoms with van der Waals surface area (Å²) in [7, 11) is 0. The average molecular weight is 509 g/mol. The molecule has 190 valence electrons. The maximum absolute atomic E-state index is 13.5. The van der Waals surface area contributed by atoms with Crippen LogP contribution in [-0.4, -0.2) is 66.8 Å². The molecule has 2 aliphatic heterocycles. The van der Waals surface area contributed by atoms with Crippen molar-refractivity contribution in [2.75, 3.05) is 49.5 Å². The van der Waals surface area contributed by atoms with Crippen LogP contribution in [-0.2, 0) is 4.79 Å². The van der Waals surface area contributed by atoms with E-state index in [2.05, 4.69) is 10.2 Å². The number of anilines is 2. The molecule has 2 aromatic rings. The highest BCUT2D eigenvalue weighted by atomic mass is 35.5. The van der Waals surface area contributed by atoms with Gasteiger partial charge in [0.2, 0.25) is 5.91 Å². The second kappa shape index (κ2) is 10.9. The molecule has 2 heterocycles. The Morgan fingerprint density at radius 3 is 2.11 bits per heavy atom. The van der Waals surface area contributed by atoms with Gasteiger partial charge >= 0.3 is 0 Å². The van der Waals surface area contributed by atoms with Gasteiger partial charge in [0.05, 0.1) is 5.56 Å². The zero-order valence-corrected chi connectivity index (χ0v) is 21.3. The van der Waals surface area contributed by atoms with E-state index >= 15 is 0 Å². The number of nitrogens with one attached hydrogen (secondary N) is 1. The van der Waals surface area contributed by atoms with E-state index in [0.29, 0.717) is 53.9 Å². The van der Waals surface area contributed by atoms with Crippen LogP contribution in [0.3, 0.4) is 0 Å². The molecule has 2 saturated heterocycles. The predicted octanol–water partition coefficient (Wildman–Crippen LogP) is 4.67. The zero-order chi connectivity index (χ0) is 25.1. The Bertz CT molecular complexity index is 1120. The molecule has 0 bridgehead atoms. The highest BCUT2D eigenvalue weighted by Crippen LogP contribution is 2.30. The normalized spacial score (nSPS) is 18.5. The van der Waals surface area contributed by atoms with E-state index in [-0.39, 0.29) is 17.7 Å². The monoisotopic (exact) mass is 508 g/mol. The molecule has 1 aliphatic carbocycles. The predicted molar refractivity (Wildman–Crippen MR) is 142 cm³/mol. The summed E-state index contributed by atoms with van der Waals surface area (Å²) in [4.78, 5) is 45.2. The Labute approximate surface area is 217 Å². The molecule has 3 aliphatic rings. The Morgan fingerprint density at radius 2 is 1.44 bits per heavy atom. The molecule has 8 heteroatoms. The van der Waals surface area contributed by atoms with E-state index in [1.54, 1.807) is 30.3 Å². The standard InChI is InChI=1S/C28H33ClN4O3/c29-22-9-7-20(8-10-22)26(34)30-23-11-12-25(24(19-23)28(36)32-13-3-4-14-32)31-15-17-33(18-16-31)27(35)21-5-1-2-6-21/h7-12,19,21H,1-6,13-18H2,(H,30,34). The molecule has 0 spiro atoms. The van der Waals surface area contributed by atoms with Crippen molar-refractivity contribution >= 4 is 40.7 Å². The van der Waals surface area contributed by atoms with Gasteiger partial charge < -0.3 is 20.0 Å². The van der Waals surface area contributed by atoms with Gasteiger partial charge in [0.15, 0.2) is 0 Å². The number of carbonyl (C=O) groups is 3. The van der Waals surface area contributed by atoms with Crippen molar-refractivity contribution < 1.29 is 14.4 Å². The minimum atomic E-state index is -0.252. The first-order chi connectivity index (χ1) is 17.5. The van der Waals surface area contributed by atoms with Crippen LogP contribution in [0, 0.1) is 5.92 Å². The van der Waals surface area contributed by atoms with E-state index < -0.39 is 0 Å². The van der Waals surface area contributed by atoms with Gasteiger partial charge in [0.1, 0.15) is 0 Å². The van der Waals surface area contributed by atoms with Crippen molar-refractivity contribution in [3.63, 3.8) is 0 Å². The van der Waals surface area contributed by atoms with Crippen LogP contribution in [0.1, 0.15) is 59.2 Å². The molecule has 1 saturated carbocycles. The summed E-state index contributed by atoms with van der Waals surface area (Å²) in [5, 5.41) is 3.49. The van der Waals surface area contributed by atoms with E-state index in [1.807, 2.05) is 21.9 Å². The minimum Gasteiger partial charge on any atom is -0.367 e. The molecule has 1 N–H and O–H groups in total. The van der Waals surface area contributed by atoms with E-state index in [1.165, 1.54) is 0 Å². The molecule has 5 rings (SSSR count). The van der Waals surface area contributed by atoms with E-state index in [4.69, 9.17) is 11.6 Å². The number of likely N-dealkylation sites (tertiary alicyclic amines) is 1. The van der Waals surface area contributed by atoms with Crippen LogP contribution in [0.25, 0.3) is 0 Å². The highest BCUT2D eigenvalue weighted by molar-refractivity contribution is 6.30. The summed E-state index contributed by atoms with van der Waals surface area (Å²) in [5.41, 5.74) is 2.54. The lowest BCUT2D eigenvalue weighted by Crippen LogP contribution is -2.50. The van der Waals surface area contributed by atoms with Crippen molar-refractivity contribution in [1.29, 1.82) is 0 Å². The fraction of sp³-hybridized carbons (Fsp3) is 0.464. The van der Waals surface area contributed by atoms with Crippen LogP contribution < -0.4 is 10.2 Å². The molecular formula is C28H33ClN4O3. The Balaban J connectivity index is 1.34. The number of benzene rings is 2. The summed E-state index contributed by atoms with van der Waals surface area (Å²) in [6.45, 7) is 4.22. The Morgan fingerprint density at radius 1 is 0.778 bits per heavy atom. The number of rotatable bonds is 5. The van der Waals surface area contributed by atoms with Gasteiger partial charge in [-0.3, -0.25) is 14.4 Å². The highest BCUT2D eigenvalue weighted by Gasteiger charge is 2.31. The number of amides is 3. The molecule has 0 radical (unpaired) electrons. The van der Waals surface area contributed by atoms with Gasteiger partial charge in [-0.2, -0.15) is 0 Å². The van der Waals surface area contributed by atoms with Gasteiger partial charge in [0.25, 0.3) is 11.8 Å². The first-order valence-corrected chi connectivity index (χ1v) is 13.4. The van der Waals surface area contributed by atoms with Gasteiger partial charge in [0, 0.05) is 67.1 Å². The topological polar surface area (TPSA) is 73.0 Å². The maximum atomic E-state index is 13.5. The van der Waals surface area contributed by atoms with Crippen molar-refractivity contribution in [1.82, 2.24) is 9.80 Å². The molecule has 0 aromatic heterocycles. The third kappa shape index (κ3) is 5.36. The molecule has 3 fully saturated rings. The van der Waals surface area contributed by atoms with E-state index in [0.717, 1.165) is 57.3 Å². The molecule has 2 aromatic carbocycles. The largest absolute Gasteiger partial charge is 0.367 e. The lowest BCUT2D eigenvalue weighted by molar-refractivity contribution is -0.135. The summed E-state index contributed by atoms with van der Waals surface area (Å²) in [5.74, 6) is 0.223. The fourth-order valence-electron chi connectivity index (χ4n) is 5.55. The van der Waals surface area contributed by atoms with Gasteiger partial charge in [-0.05, 0) is 68.1 Å². The third-order valence-electron chi connectivity index (χ3n) is 7.62. The Kier molecular flexibility index (Phi) is 7.46. The number of carbonyl (C=O) groups excluding carboxylic acids is 3. The summed E-state index contributed by atoms with van der Waals surface area (Å²) >= 11 is 5.94. The molecule has 0 unspecified atom stereocenters. The SMILES string of the molecule is O=C(Nc1ccc(N2CCN(C(=O)C3CCCC3)CC2)c(C(=O)N2CCCC2)c1)c1ccc(Cl)cc1. The van der Waals surface area contributed by atoms with Gasteiger partial charge in [-0.1, -0.05) is 24.4 Å². The van der Waals surface area contributed by atoms with Crippen LogP contribution in [0.5, 0.6) is 0 Å². The second-order valence-corrected chi connectivity index (χ2v) is 10.4. The quantitative estimate of drug-likeness (QED) is 0.637. The summed E-state index contributed by atoms with van der Waals surface area (Å²) in [6.07, 6.45) is 6.35. The lowest BCUT2D eigenvalue weighted by atomic mass is 10.1. The minimum absolute atomic E-state index is 0.00504. The number of hydrogen-bond donors (Lipinski definition) is 1. The van der Waals surface area contributed by atoms with Gasteiger partial charge in [-0.15, -0.1) is 0 Å². The molecular weight excluding hydrogens is 476 g/mol. The number of piperazine rings is 1. The first kappa shape index (κ1) is 24.6. The van der Waals surface area contributed by atoms with Gasteiger partial charge in [-0.25, -0.2) is 0 Å². The zero-order valence-electron chi connectivity index (χ0n) is 20.5. The molecule has 0 atom stereocenters. The number of halogens is 1. The van der Waals surface area contributed by atoms with Crippen LogP contribution in [0.15, 0.2) is 42.5 Å². The number of hydrogen-bond acceptors (Lipinski definition) is 4. The molecule has 3 amide bonds. The lowest BCUT2D eigenvalue weighted by Gasteiger charge is -2.38. The van der Waals surface area contributed by atoms with Crippen LogP contribution in [0.2, 0.25) is 5.02 Å². The van der Waals surface area contributed by atoms with Crippen LogP contribution >= 0.6 is 11.6 Å². The van der Waals surface area contributed by atoms with E-state index in [9.17, 15) is 14.4 Å². The number of nitrogens with zero attached hydrogens (tertiary/aromatic N) is 3.